The number of carbonyl (C=O) groups is 1. The second kappa shape index (κ2) is 6.00. The number of hydrogen-bond donors (Lipinski definition) is 1. The zero-order valence-electron chi connectivity index (χ0n) is 14.2. The van der Waals surface area contributed by atoms with Gasteiger partial charge in [-0.2, -0.15) is 5.10 Å². The van der Waals surface area contributed by atoms with E-state index >= 15 is 0 Å². The van der Waals surface area contributed by atoms with Gasteiger partial charge in [0.05, 0.1) is 5.56 Å². The van der Waals surface area contributed by atoms with E-state index in [2.05, 4.69) is 37.3 Å². The fourth-order valence-corrected chi connectivity index (χ4v) is 3.61. The number of carbonyl (C=O) groups excluding carboxylic acids is 1. The van der Waals surface area contributed by atoms with Gasteiger partial charge in [0, 0.05) is 18.9 Å². The molecule has 0 spiro atoms. The Morgan fingerprint density at radius 2 is 1.96 bits per heavy atom. The fourth-order valence-electron chi connectivity index (χ4n) is 3.61. The lowest BCUT2D eigenvalue weighted by Crippen LogP contribution is -2.15. The van der Waals surface area contributed by atoms with Crippen LogP contribution in [-0.4, -0.2) is 15.7 Å². The van der Waals surface area contributed by atoms with E-state index in [-0.39, 0.29) is 5.56 Å². The van der Waals surface area contributed by atoms with E-state index in [0.29, 0.717) is 23.4 Å². The lowest BCUT2D eigenvalue weighted by atomic mass is 9.91. The molecule has 1 aromatic carbocycles. The number of aryl methyl sites for hydroxylation is 1. The first-order valence-corrected chi connectivity index (χ1v) is 8.07. The van der Waals surface area contributed by atoms with Gasteiger partial charge in [-0.05, 0) is 34.9 Å². The van der Waals surface area contributed by atoms with Crippen LogP contribution < -0.4 is 5.32 Å². The van der Waals surface area contributed by atoms with Crippen molar-refractivity contribution in [2.24, 2.45) is 13.0 Å². The van der Waals surface area contributed by atoms with Gasteiger partial charge in [-0.15, -0.1) is 0 Å². The molecule has 0 aliphatic heterocycles. The number of rotatable bonds is 3. The van der Waals surface area contributed by atoms with Crippen molar-refractivity contribution in [3.63, 3.8) is 0 Å². The Morgan fingerprint density at radius 1 is 1.25 bits per heavy atom. The number of alkyl halides is 2. The summed E-state index contributed by atoms with van der Waals surface area (Å²) in [5.74, 6) is 0.621. The molecule has 1 aliphatic rings. The third kappa shape index (κ3) is 2.60. The molecule has 4 nitrogen and oxygen atoms in total. The van der Waals surface area contributed by atoms with Crippen LogP contribution in [0, 0.1) is 5.92 Å². The molecule has 3 rings (SSSR count). The van der Waals surface area contributed by atoms with Crippen LogP contribution in [0.3, 0.4) is 0 Å². The predicted molar refractivity (Wildman–Crippen MR) is 88.6 cm³/mol. The summed E-state index contributed by atoms with van der Waals surface area (Å²) in [4.78, 5) is 12.5. The zero-order valence-corrected chi connectivity index (χ0v) is 14.2. The first-order chi connectivity index (χ1) is 11.3. The van der Waals surface area contributed by atoms with Gasteiger partial charge >= 0.3 is 0 Å². The first-order valence-electron chi connectivity index (χ1n) is 8.07. The Labute approximate surface area is 139 Å². The number of nitrogens with zero attached hydrogens (tertiary/aromatic N) is 2. The molecule has 0 bridgehead atoms. The number of anilines is 1. The van der Waals surface area contributed by atoms with E-state index < -0.39 is 18.0 Å². The maximum absolute atomic E-state index is 13.1. The van der Waals surface area contributed by atoms with Crippen LogP contribution in [0.5, 0.6) is 0 Å². The Hall–Kier alpha value is -2.24. The maximum Gasteiger partial charge on any atom is 0.282 e. The molecule has 0 saturated carbocycles. The van der Waals surface area contributed by atoms with Gasteiger partial charge in [-0.25, -0.2) is 8.78 Å². The minimum atomic E-state index is -2.78. The van der Waals surface area contributed by atoms with Gasteiger partial charge in [0.25, 0.3) is 12.3 Å². The Morgan fingerprint density at radius 3 is 2.62 bits per heavy atom. The summed E-state index contributed by atoms with van der Waals surface area (Å²) in [6.45, 7) is 6.50. The van der Waals surface area contributed by atoms with E-state index in [1.165, 1.54) is 23.5 Å². The van der Waals surface area contributed by atoms with Crippen LogP contribution in [0.1, 0.15) is 66.2 Å². The number of hydrogen-bond acceptors (Lipinski definition) is 2. The predicted octanol–water partition coefficient (Wildman–Crippen LogP) is 4.47. The maximum atomic E-state index is 13.1. The van der Waals surface area contributed by atoms with Crippen molar-refractivity contribution >= 4 is 11.6 Å². The third-order valence-corrected chi connectivity index (χ3v) is 5.22. The molecule has 128 valence electrons. The van der Waals surface area contributed by atoms with E-state index in [4.69, 9.17) is 0 Å². The SMILES string of the molecule is C[C@@H]1[C@@H](C)c2cccc(NC(=O)c3cn(C)nc3C(F)F)c2[C@@H]1C. The summed E-state index contributed by atoms with van der Waals surface area (Å²) in [5.41, 5.74) is 2.45. The van der Waals surface area contributed by atoms with Crippen molar-refractivity contribution in [2.45, 2.75) is 39.0 Å². The normalized spacial score (nSPS) is 22.7. The van der Waals surface area contributed by atoms with Crippen molar-refractivity contribution in [3.8, 4) is 0 Å². The van der Waals surface area contributed by atoms with Crippen molar-refractivity contribution in [2.75, 3.05) is 5.32 Å². The summed E-state index contributed by atoms with van der Waals surface area (Å²) >= 11 is 0. The quantitative estimate of drug-likeness (QED) is 0.901. The lowest BCUT2D eigenvalue weighted by molar-refractivity contribution is 0.101. The Balaban J connectivity index is 1.95. The average molecular weight is 333 g/mol. The topological polar surface area (TPSA) is 46.9 Å². The molecular weight excluding hydrogens is 312 g/mol. The highest BCUT2D eigenvalue weighted by Gasteiger charge is 2.34. The minimum Gasteiger partial charge on any atom is -0.322 e. The van der Waals surface area contributed by atoms with Crippen molar-refractivity contribution in [3.05, 3.63) is 46.8 Å². The standard InChI is InChI=1S/C18H21F2N3O/c1-9-10(2)12-6-5-7-14(15(12)11(9)3)21-18(24)13-8-23(4)22-16(13)17(19)20/h5-11,17H,1-4H3,(H,21,24)/t9-,10-,11-/m1/s1. The van der Waals surface area contributed by atoms with Gasteiger partial charge in [-0.3, -0.25) is 9.48 Å². The highest BCUT2D eigenvalue weighted by molar-refractivity contribution is 6.05. The van der Waals surface area contributed by atoms with Crippen LogP contribution >= 0.6 is 0 Å². The van der Waals surface area contributed by atoms with Crippen molar-refractivity contribution < 1.29 is 13.6 Å². The largest absolute Gasteiger partial charge is 0.322 e. The monoisotopic (exact) mass is 333 g/mol. The molecule has 1 N–H and O–H groups in total. The summed E-state index contributed by atoms with van der Waals surface area (Å²) in [6.07, 6.45) is -1.46. The van der Waals surface area contributed by atoms with Crippen LogP contribution in [0.15, 0.2) is 24.4 Å². The zero-order chi connectivity index (χ0) is 17.6. The third-order valence-electron chi connectivity index (χ3n) is 5.22. The van der Waals surface area contributed by atoms with Crippen molar-refractivity contribution in [1.29, 1.82) is 0 Å². The smallest absolute Gasteiger partial charge is 0.282 e. The van der Waals surface area contributed by atoms with Gasteiger partial charge in [0.2, 0.25) is 0 Å². The summed E-state index contributed by atoms with van der Waals surface area (Å²) in [6, 6.07) is 5.80. The molecular formula is C18H21F2N3O. The molecule has 0 radical (unpaired) electrons. The Kier molecular flexibility index (Phi) is 4.15. The molecule has 24 heavy (non-hydrogen) atoms. The van der Waals surface area contributed by atoms with Gasteiger partial charge in [0.1, 0.15) is 5.69 Å². The van der Waals surface area contributed by atoms with E-state index in [1.54, 1.807) is 0 Å². The number of aromatic nitrogens is 2. The minimum absolute atomic E-state index is 0.0862. The van der Waals surface area contributed by atoms with Crippen LogP contribution in [-0.2, 0) is 7.05 Å². The van der Waals surface area contributed by atoms with Gasteiger partial charge in [0.15, 0.2) is 0 Å². The van der Waals surface area contributed by atoms with E-state index in [0.717, 1.165) is 5.56 Å². The number of fused-ring (bicyclic) bond motifs is 1. The first kappa shape index (κ1) is 16.6. The molecule has 1 amide bonds. The molecule has 1 aromatic heterocycles. The summed E-state index contributed by atoms with van der Waals surface area (Å²) in [7, 11) is 1.52. The summed E-state index contributed by atoms with van der Waals surface area (Å²) in [5, 5.41) is 6.50. The number of amides is 1. The highest BCUT2D eigenvalue weighted by Crippen LogP contribution is 2.48. The second-order valence-electron chi connectivity index (χ2n) is 6.60. The van der Waals surface area contributed by atoms with Gasteiger partial charge in [-0.1, -0.05) is 32.9 Å². The number of benzene rings is 1. The summed E-state index contributed by atoms with van der Waals surface area (Å²) < 4.78 is 27.4. The molecule has 1 aliphatic carbocycles. The molecule has 0 fully saturated rings. The Bertz CT molecular complexity index is 785. The van der Waals surface area contributed by atoms with Crippen LogP contribution in [0.4, 0.5) is 14.5 Å². The molecule has 0 unspecified atom stereocenters. The molecule has 3 atom stereocenters. The molecule has 0 saturated heterocycles. The fraction of sp³-hybridized carbons (Fsp3) is 0.444. The molecule has 2 aromatic rings. The van der Waals surface area contributed by atoms with Crippen molar-refractivity contribution in [1.82, 2.24) is 9.78 Å². The highest BCUT2D eigenvalue weighted by atomic mass is 19.3. The average Bonchev–Trinajstić information content (AvgIpc) is 3.03. The van der Waals surface area contributed by atoms with E-state index in [1.807, 2.05) is 12.1 Å². The van der Waals surface area contributed by atoms with Crippen LogP contribution in [0.25, 0.3) is 0 Å². The van der Waals surface area contributed by atoms with E-state index in [9.17, 15) is 13.6 Å². The van der Waals surface area contributed by atoms with Gasteiger partial charge < -0.3 is 5.32 Å². The molecule has 1 heterocycles. The number of nitrogens with one attached hydrogen (secondary N) is 1. The lowest BCUT2D eigenvalue weighted by Gasteiger charge is -2.15. The van der Waals surface area contributed by atoms with Crippen LogP contribution in [0.2, 0.25) is 0 Å². The molecule has 6 heteroatoms. The second-order valence-corrected chi connectivity index (χ2v) is 6.60. The number of halogens is 2.